The summed E-state index contributed by atoms with van der Waals surface area (Å²) in [6.07, 6.45) is -0.593. The monoisotopic (exact) mass is 451 g/mol. The van der Waals surface area contributed by atoms with Crippen molar-refractivity contribution in [2.45, 2.75) is 20.0 Å². The molecule has 0 radical (unpaired) electrons. The minimum absolute atomic E-state index is 0.375. The van der Waals surface area contributed by atoms with Crippen LogP contribution >= 0.6 is 12.2 Å². The minimum atomic E-state index is -0.593. The Balaban J connectivity index is 1.67. The highest BCUT2D eigenvalue weighted by atomic mass is 32.1. The molecule has 0 spiro atoms. The number of esters is 1. The topological polar surface area (TPSA) is 38.3 Å². The molecule has 3 nitrogen and oxygen atoms in total. The first-order chi connectivity index (χ1) is 16.0. The van der Waals surface area contributed by atoms with Crippen LogP contribution in [0.15, 0.2) is 103 Å². The maximum absolute atomic E-state index is 13.0. The summed E-state index contributed by atoms with van der Waals surface area (Å²) in [5, 5.41) is 3.36. The molecular formula is C29H25NO2S. The molecule has 0 aliphatic carbocycles. The van der Waals surface area contributed by atoms with Gasteiger partial charge in [-0.2, -0.15) is 0 Å². The average Bonchev–Trinajstić information content (AvgIpc) is 2.84. The van der Waals surface area contributed by atoms with E-state index in [0.29, 0.717) is 10.6 Å². The number of hydrogen-bond acceptors (Lipinski definition) is 3. The second kappa shape index (κ2) is 10.2. The Morgan fingerprint density at radius 3 is 1.91 bits per heavy atom. The van der Waals surface area contributed by atoms with E-state index in [1.54, 1.807) is 12.1 Å². The van der Waals surface area contributed by atoms with Crippen molar-refractivity contribution >= 4 is 28.9 Å². The van der Waals surface area contributed by atoms with Crippen LogP contribution in [-0.2, 0) is 4.74 Å². The van der Waals surface area contributed by atoms with Crippen LogP contribution in [-0.4, -0.2) is 11.0 Å². The first-order valence-electron chi connectivity index (χ1n) is 10.8. The Morgan fingerprint density at radius 2 is 1.27 bits per heavy atom. The zero-order valence-electron chi connectivity index (χ0n) is 18.6. The van der Waals surface area contributed by atoms with Crippen molar-refractivity contribution in [1.29, 1.82) is 0 Å². The zero-order chi connectivity index (χ0) is 23.2. The van der Waals surface area contributed by atoms with Crippen LogP contribution < -0.4 is 5.32 Å². The average molecular weight is 452 g/mol. The Labute approximate surface area is 200 Å². The third-order valence-electron chi connectivity index (χ3n) is 5.42. The van der Waals surface area contributed by atoms with Gasteiger partial charge in [-0.3, -0.25) is 0 Å². The molecule has 1 N–H and O–H groups in total. The summed E-state index contributed by atoms with van der Waals surface area (Å²) in [7, 11) is 0. The van der Waals surface area contributed by atoms with E-state index in [4.69, 9.17) is 17.0 Å². The number of nitrogens with one attached hydrogen (secondary N) is 1. The first-order valence-corrected chi connectivity index (χ1v) is 11.2. The Kier molecular flexibility index (Phi) is 6.96. The highest BCUT2D eigenvalue weighted by Crippen LogP contribution is 2.33. The predicted molar refractivity (Wildman–Crippen MR) is 138 cm³/mol. The lowest BCUT2D eigenvalue weighted by atomic mass is 9.99. The molecule has 1 atom stereocenters. The largest absolute Gasteiger partial charge is 0.449 e. The standard InChI is InChI=1S/C29H25NO2S/c1-20-12-16-23(17-13-20)28(33)30-26-11-7-6-10-25(26)27(22-8-4-3-5-9-22)32-29(31)24-18-14-21(2)15-19-24/h3-19,27H,1-2H3,(H,30,33). The van der Waals surface area contributed by atoms with E-state index in [2.05, 4.69) is 5.32 Å². The molecule has 0 heterocycles. The van der Waals surface area contributed by atoms with Gasteiger partial charge in [0, 0.05) is 16.8 Å². The van der Waals surface area contributed by atoms with Gasteiger partial charge in [0.2, 0.25) is 0 Å². The van der Waals surface area contributed by atoms with Gasteiger partial charge >= 0.3 is 5.97 Å². The maximum atomic E-state index is 13.0. The SMILES string of the molecule is Cc1ccc(C(=O)OC(c2ccccc2)c2ccccc2NC(=S)c2ccc(C)cc2)cc1. The number of benzene rings is 4. The van der Waals surface area contributed by atoms with Gasteiger partial charge in [0.25, 0.3) is 0 Å². The van der Waals surface area contributed by atoms with Crippen molar-refractivity contribution < 1.29 is 9.53 Å². The molecule has 164 valence electrons. The fraction of sp³-hybridized carbons (Fsp3) is 0.103. The van der Waals surface area contributed by atoms with Crippen LogP contribution in [0.1, 0.15) is 44.3 Å². The van der Waals surface area contributed by atoms with Gasteiger partial charge in [0.15, 0.2) is 6.10 Å². The summed E-state index contributed by atoms with van der Waals surface area (Å²) in [4.78, 5) is 13.6. The number of anilines is 1. The number of carbonyl (C=O) groups is 1. The minimum Gasteiger partial charge on any atom is -0.449 e. The lowest BCUT2D eigenvalue weighted by molar-refractivity contribution is 0.0379. The second-order valence-electron chi connectivity index (χ2n) is 7.97. The Morgan fingerprint density at radius 1 is 0.727 bits per heavy atom. The van der Waals surface area contributed by atoms with E-state index in [-0.39, 0.29) is 5.97 Å². The highest BCUT2D eigenvalue weighted by molar-refractivity contribution is 7.81. The van der Waals surface area contributed by atoms with Crippen molar-refractivity contribution in [1.82, 2.24) is 0 Å². The van der Waals surface area contributed by atoms with Crippen molar-refractivity contribution in [3.63, 3.8) is 0 Å². The predicted octanol–water partition coefficient (Wildman–Crippen LogP) is 7.04. The van der Waals surface area contributed by atoms with Gasteiger partial charge in [-0.05, 0) is 37.6 Å². The number of thiocarbonyl (C=S) groups is 1. The summed E-state index contributed by atoms with van der Waals surface area (Å²) >= 11 is 5.67. The lowest BCUT2D eigenvalue weighted by Gasteiger charge is -2.22. The van der Waals surface area contributed by atoms with Gasteiger partial charge in [-0.25, -0.2) is 4.79 Å². The number of carbonyl (C=O) groups excluding carboxylic acids is 1. The van der Waals surface area contributed by atoms with Crippen LogP contribution in [0, 0.1) is 13.8 Å². The number of para-hydroxylation sites is 1. The van der Waals surface area contributed by atoms with E-state index in [9.17, 15) is 4.79 Å². The fourth-order valence-corrected chi connectivity index (χ4v) is 3.79. The molecule has 0 aliphatic rings. The van der Waals surface area contributed by atoms with E-state index < -0.39 is 6.10 Å². The summed E-state index contributed by atoms with van der Waals surface area (Å²) < 4.78 is 6.07. The summed E-state index contributed by atoms with van der Waals surface area (Å²) in [6, 6.07) is 33.0. The van der Waals surface area contributed by atoms with Crippen molar-refractivity contribution in [2.24, 2.45) is 0 Å². The van der Waals surface area contributed by atoms with Crippen LogP contribution in [0.25, 0.3) is 0 Å². The summed E-state index contributed by atoms with van der Waals surface area (Å²) in [5.74, 6) is -0.375. The van der Waals surface area contributed by atoms with E-state index in [0.717, 1.165) is 27.9 Å². The molecule has 4 rings (SSSR count). The molecule has 0 aliphatic heterocycles. The fourth-order valence-electron chi connectivity index (χ4n) is 3.54. The van der Waals surface area contributed by atoms with Gasteiger partial charge in [0.1, 0.15) is 4.99 Å². The van der Waals surface area contributed by atoms with Crippen LogP contribution in [0.5, 0.6) is 0 Å². The van der Waals surface area contributed by atoms with Gasteiger partial charge < -0.3 is 10.1 Å². The molecular weight excluding hydrogens is 426 g/mol. The molecule has 0 bridgehead atoms. The normalized spacial score (nSPS) is 11.5. The van der Waals surface area contributed by atoms with Crippen molar-refractivity contribution in [2.75, 3.05) is 5.32 Å². The van der Waals surface area contributed by atoms with Crippen LogP contribution in [0.4, 0.5) is 5.69 Å². The van der Waals surface area contributed by atoms with Crippen LogP contribution in [0.3, 0.4) is 0 Å². The first kappa shape index (κ1) is 22.4. The third kappa shape index (κ3) is 5.54. The third-order valence-corrected chi connectivity index (χ3v) is 5.76. The van der Waals surface area contributed by atoms with E-state index >= 15 is 0 Å². The van der Waals surface area contributed by atoms with E-state index in [1.165, 1.54) is 5.56 Å². The molecule has 1 unspecified atom stereocenters. The van der Waals surface area contributed by atoms with E-state index in [1.807, 2.05) is 105 Å². The molecule has 4 aromatic rings. The van der Waals surface area contributed by atoms with Gasteiger partial charge in [-0.15, -0.1) is 0 Å². The van der Waals surface area contributed by atoms with Gasteiger partial charge in [0.05, 0.1) is 5.56 Å². The number of rotatable bonds is 6. The molecule has 0 saturated carbocycles. The molecule has 4 heteroatoms. The smallest absolute Gasteiger partial charge is 0.339 e. The molecule has 4 aromatic carbocycles. The lowest BCUT2D eigenvalue weighted by Crippen LogP contribution is -2.17. The van der Waals surface area contributed by atoms with Crippen molar-refractivity contribution in [3.05, 3.63) is 137 Å². The Bertz CT molecular complexity index is 1250. The molecule has 33 heavy (non-hydrogen) atoms. The molecule has 0 fully saturated rings. The maximum Gasteiger partial charge on any atom is 0.339 e. The molecule has 0 amide bonds. The Hall–Kier alpha value is -3.76. The zero-order valence-corrected chi connectivity index (χ0v) is 19.4. The number of ether oxygens (including phenoxy) is 1. The summed E-state index contributed by atoms with van der Waals surface area (Å²) in [6.45, 7) is 4.03. The number of hydrogen-bond donors (Lipinski definition) is 1. The van der Waals surface area contributed by atoms with Gasteiger partial charge in [-0.1, -0.05) is 108 Å². The summed E-state index contributed by atoms with van der Waals surface area (Å²) in [5.41, 5.74) is 6.22. The van der Waals surface area contributed by atoms with Crippen LogP contribution in [0.2, 0.25) is 0 Å². The molecule has 0 saturated heterocycles. The van der Waals surface area contributed by atoms with Crippen molar-refractivity contribution in [3.8, 4) is 0 Å². The number of aryl methyl sites for hydroxylation is 2. The molecule has 0 aromatic heterocycles. The quantitative estimate of drug-likeness (QED) is 0.252. The highest BCUT2D eigenvalue weighted by Gasteiger charge is 2.23. The second-order valence-corrected chi connectivity index (χ2v) is 8.38.